The third kappa shape index (κ3) is 2.62. The van der Waals surface area contributed by atoms with Crippen molar-refractivity contribution in [2.75, 3.05) is 0 Å². The van der Waals surface area contributed by atoms with Crippen LogP contribution in [0.2, 0.25) is 0 Å². The Kier molecular flexibility index (Phi) is 3.15. The second kappa shape index (κ2) is 5.12. The number of rotatable bonds is 3. The summed E-state index contributed by atoms with van der Waals surface area (Å²) in [5.41, 5.74) is 3.17. The van der Waals surface area contributed by atoms with Crippen molar-refractivity contribution in [3.63, 3.8) is 0 Å². The monoisotopic (exact) mass is 281 g/mol. The van der Waals surface area contributed by atoms with E-state index in [1.807, 2.05) is 19.1 Å². The number of aromatic carboxylic acids is 1. The van der Waals surface area contributed by atoms with Crippen molar-refractivity contribution < 1.29 is 9.90 Å². The maximum absolute atomic E-state index is 11.3. The van der Waals surface area contributed by atoms with Crippen LogP contribution in [0.1, 0.15) is 15.9 Å². The molecule has 0 saturated heterocycles. The largest absolute Gasteiger partial charge is 0.478 e. The van der Waals surface area contributed by atoms with E-state index in [4.69, 9.17) is 0 Å². The number of nitrogens with zero attached hydrogens (tertiary/aromatic N) is 4. The first-order valence-corrected chi connectivity index (χ1v) is 6.19. The van der Waals surface area contributed by atoms with Crippen LogP contribution >= 0.6 is 0 Å². The fourth-order valence-electron chi connectivity index (χ4n) is 1.96. The van der Waals surface area contributed by atoms with Crippen molar-refractivity contribution in [3.05, 3.63) is 47.7 Å². The Morgan fingerprint density at radius 2 is 2.00 bits per heavy atom. The smallest absolute Gasteiger partial charge is 0.335 e. The lowest BCUT2D eigenvalue weighted by Gasteiger charge is -2.06. The van der Waals surface area contributed by atoms with Crippen molar-refractivity contribution >= 4 is 5.97 Å². The Bertz CT molecular complexity index is 782. The number of aromatic nitrogens is 5. The summed E-state index contributed by atoms with van der Waals surface area (Å²) in [5.74, 6) is -0.607. The highest BCUT2D eigenvalue weighted by Gasteiger charge is 2.12. The van der Waals surface area contributed by atoms with Crippen molar-refractivity contribution in [1.29, 1.82) is 0 Å². The predicted molar refractivity (Wildman–Crippen MR) is 74.5 cm³/mol. The van der Waals surface area contributed by atoms with E-state index < -0.39 is 5.97 Å². The Hall–Kier alpha value is -3.09. The minimum Gasteiger partial charge on any atom is -0.478 e. The number of carboxylic acid groups (broad SMARTS) is 1. The molecule has 0 radical (unpaired) electrons. The maximum atomic E-state index is 11.3. The standard InChI is InChI=1S/C14H11N5O2/c1-8-2-3-12(15-7-8)9-4-10(13-16-18-19-17-13)6-11(5-9)14(20)21/h2-7H,1H3,(H,20,21)(H,16,17,18,19). The summed E-state index contributed by atoms with van der Waals surface area (Å²) in [6, 6.07) is 8.66. The molecule has 104 valence electrons. The maximum Gasteiger partial charge on any atom is 0.335 e. The number of nitrogens with one attached hydrogen (secondary N) is 1. The minimum atomic E-state index is -1.02. The third-order valence-electron chi connectivity index (χ3n) is 3.01. The van der Waals surface area contributed by atoms with Gasteiger partial charge in [-0.15, -0.1) is 5.10 Å². The van der Waals surface area contributed by atoms with Crippen LogP contribution < -0.4 is 0 Å². The Morgan fingerprint density at radius 3 is 2.62 bits per heavy atom. The van der Waals surface area contributed by atoms with E-state index in [1.165, 1.54) is 6.07 Å². The zero-order valence-electron chi connectivity index (χ0n) is 11.1. The van der Waals surface area contributed by atoms with Gasteiger partial charge in [0.15, 0.2) is 5.82 Å². The van der Waals surface area contributed by atoms with Crippen LogP contribution in [0.4, 0.5) is 0 Å². The molecule has 2 N–H and O–H groups in total. The van der Waals surface area contributed by atoms with Gasteiger partial charge in [-0.3, -0.25) is 4.98 Å². The fraction of sp³-hybridized carbons (Fsp3) is 0.0714. The second-order valence-corrected chi connectivity index (χ2v) is 4.57. The summed E-state index contributed by atoms with van der Waals surface area (Å²) < 4.78 is 0. The molecule has 0 bridgehead atoms. The third-order valence-corrected chi connectivity index (χ3v) is 3.01. The molecule has 3 rings (SSSR count). The van der Waals surface area contributed by atoms with E-state index in [0.717, 1.165) is 5.56 Å². The van der Waals surface area contributed by atoms with Gasteiger partial charge in [0.05, 0.1) is 11.3 Å². The van der Waals surface area contributed by atoms with Crippen LogP contribution in [0.3, 0.4) is 0 Å². The molecule has 0 aliphatic heterocycles. The first-order chi connectivity index (χ1) is 10.1. The van der Waals surface area contributed by atoms with Crippen LogP contribution in [0.5, 0.6) is 0 Å². The molecule has 0 fully saturated rings. The normalized spacial score (nSPS) is 10.5. The molecule has 0 amide bonds. The Morgan fingerprint density at radius 1 is 1.19 bits per heavy atom. The fourth-order valence-corrected chi connectivity index (χ4v) is 1.96. The summed E-state index contributed by atoms with van der Waals surface area (Å²) in [7, 11) is 0. The summed E-state index contributed by atoms with van der Waals surface area (Å²) in [6.45, 7) is 1.94. The molecule has 1 aromatic carbocycles. The summed E-state index contributed by atoms with van der Waals surface area (Å²) in [4.78, 5) is 15.6. The number of tetrazole rings is 1. The second-order valence-electron chi connectivity index (χ2n) is 4.57. The molecule has 3 aromatic rings. The summed E-state index contributed by atoms with van der Waals surface area (Å²) in [6.07, 6.45) is 1.73. The van der Waals surface area contributed by atoms with Gasteiger partial charge >= 0.3 is 5.97 Å². The summed E-state index contributed by atoms with van der Waals surface area (Å²) >= 11 is 0. The van der Waals surface area contributed by atoms with E-state index in [2.05, 4.69) is 25.6 Å². The lowest BCUT2D eigenvalue weighted by Crippen LogP contribution is -1.98. The van der Waals surface area contributed by atoms with E-state index in [9.17, 15) is 9.90 Å². The van der Waals surface area contributed by atoms with Crippen LogP contribution in [-0.2, 0) is 0 Å². The number of hydrogen-bond acceptors (Lipinski definition) is 5. The van der Waals surface area contributed by atoms with Crippen molar-refractivity contribution in [2.45, 2.75) is 6.92 Å². The first kappa shape index (κ1) is 12.9. The van der Waals surface area contributed by atoms with Crippen molar-refractivity contribution in [3.8, 4) is 22.6 Å². The van der Waals surface area contributed by atoms with Gasteiger partial charge in [0.1, 0.15) is 0 Å². The van der Waals surface area contributed by atoms with E-state index in [1.54, 1.807) is 18.3 Å². The van der Waals surface area contributed by atoms with Crippen molar-refractivity contribution in [2.24, 2.45) is 0 Å². The first-order valence-electron chi connectivity index (χ1n) is 6.19. The van der Waals surface area contributed by atoms with Gasteiger partial charge in [-0.25, -0.2) is 9.89 Å². The average molecular weight is 281 g/mol. The molecule has 21 heavy (non-hydrogen) atoms. The molecular weight excluding hydrogens is 270 g/mol. The molecule has 7 heteroatoms. The molecule has 7 nitrogen and oxygen atoms in total. The van der Waals surface area contributed by atoms with Gasteiger partial charge in [-0.2, -0.15) is 0 Å². The van der Waals surface area contributed by atoms with Crippen LogP contribution in [-0.4, -0.2) is 36.7 Å². The number of hydrogen-bond donors (Lipinski definition) is 2. The highest BCUT2D eigenvalue weighted by molar-refractivity contribution is 5.91. The highest BCUT2D eigenvalue weighted by Crippen LogP contribution is 2.25. The molecular formula is C14H11N5O2. The van der Waals surface area contributed by atoms with Gasteiger partial charge in [-0.1, -0.05) is 6.07 Å². The number of pyridine rings is 1. The molecule has 2 aromatic heterocycles. The molecule has 0 unspecified atom stereocenters. The van der Waals surface area contributed by atoms with Crippen LogP contribution in [0.25, 0.3) is 22.6 Å². The number of carboxylic acids is 1. The molecule has 2 heterocycles. The van der Waals surface area contributed by atoms with Crippen LogP contribution in [0, 0.1) is 6.92 Å². The number of aryl methyl sites for hydroxylation is 1. The number of benzene rings is 1. The van der Waals surface area contributed by atoms with E-state index in [0.29, 0.717) is 22.6 Å². The van der Waals surface area contributed by atoms with Gasteiger partial charge < -0.3 is 5.11 Å². The lowest BCUT2D eigenvalue weighted by molar-refractivity contribution is 0.0697. The lowest BCUT2D eigenvalue weighted by atomic mass is 10.0. The van der Waals surface area contributed by atoms with E-state index in [-0.39, 0.29) is 5.56 Å². The van der Waals surface area contributed by atoms with Crippen molar-refractivity contribution in [1.82, 2.24) is 25.6 Å². The number of aromatic amines is 1. The minimum absolute atomic E-state index is 0.154. The SMILES string of the molecule is Cc1ccc(-c2cc(C(=O)O)cc(-c3nnn[nH]3)c2)nc1. The molecule has 0 atom stereocenters. The van der Waals surface area contributed by atoms with Gasteiger partial charge in [0.2, 0.25) is 0 Å². The number of H-pyrrole nitrogens is 1. The average Bonchev–Trinajstić information content (AvgIpc) is 3.02. The van der Waals surface area contributed by atoms with Crippen LogP contribution in [0.15, 0.2) is 36.5 Å². The zero-order chi connectivity index (χ0) is 14.8. The Balaban J connectivity index is 2.16. The van der Waals surface area contributed by atoms with Gasteiger partial charge in [0, 0.05) is 17.3 Å². The Labute approximate surface area is 119 Å². The molecule has 0 aliphatic rings. The van der Waals surface area contributed by atoms with Gasteiger partial charge in [0.25, 0.3) is 0 Å². The summed E-state index contributed by atoms with van der Waals surface area (Å²) in [5, 5.41) is 22.7. The van der Waals surface area contributed by atoms with Gasteiger partial charge in [-0.05, 0) is 47.2 Å². The zero-order valence-corrected chi connectivity index (χ0v) is 11.1. The molecule has 0 aliphatic carbocycles. The molecule has 0 spiro atoms. The highest BCUT2D eigenvalue weighted by atomic mass is 16.4. The predicted octanol–water partition coefficient (Wildman–Crippen LogP) is 1.94. The topological polar surface area (TPSA) is 105 Å². The molecule has 0 saturated carbocycles. The van der Waals surface area contributed by atoms with E-state index >= 15 is 0 Å². The number of carbonyl (C=O) groups is 1. The quantitative estimate of drug-likeness (QED) is 0.760.